The summed E-state index contributed by atoms with van der Waals surface area (Å²) in [5.74, 6) is 0.648. The second kappa shape index (κ2) is 7.34. The van der Waals surface area contributed by atoms with Gasteiger partial charge in [0.15, 0.2) is 0 Å². The van der Waals surface area contributed by atoms with E-state index < -0.39 is 6.10 Å². The molecule has 3 nitrogen and oxygen atoms in total. The molecular formula is C16H21ClN2OS. The Bertz CT molecular complexity index is 612. The minimum atomic E-state index is -0.437. The highest BCUT2D eigenvalue weighted by atomic mass is 35.5. The first-order valence-corrected chi connectivity index (χ1v) is 8.47. The minimum Gasteiger partial charge on any atom is -0.392 e. The predicted molar refractivity (Wildman–Crippen MR) is 89.3 cm³/mol. The molecule has 1 aromatic heterocycles. The quantitative estimate of drug-likeness (QED) is 0.820. The molecule has 1 unspecified atom stereocenters. The topological polar surface area (TPSA) is 38.0 Å². The van der Waals surface area contributed by atoms with Crippen molar-refractivity contribution in [2.45, 2.75) is 44.7 Å². The normalized spacial score (nSPS) is 12.6. The van der Waals surface area contributed by atoms with Gasteiger partial charge in [-0.25, -0.2) is 0 Å². The van der Waals surface area contributed by atoms with E-state index >= 15 is 0 Å². The lowest BCUT2D eigenvalue weighted by Gasteiger charge is -2.13. The predicted octanol–water partition coefficient (Wildman–Crippen LogP) is 3.87. The maximum absolute atomic E-state index is 10.3. The lowest BCUT2D eigenvalue weighted by atomic mass is 10.2. The van der Waals surface area contributed by atoms with Gasteiger partial charge in [0.05, 0.1) is 22.5 Å². The molecule has 5 heteroatoms. The second-order valence-electron chi connectivity index (χ2n) is 5.10. The van der Waals surface area contributed by atoms with Crippen LogP contribution in [0.25, 0.3) is 0 Å². The standard InChI is InChI=1S/C16H21ClN2OS/c1-4-19-14(16(17)12(3)18-19)9-13(20)10-21-15-8-6-5-7-11(15)2/h5-8,13,20H,4,9-10H2,1-3H3. The summed E-state index contributed by atoms with van der Waals surface area (Å²) in [6.07, 6.45) is 0.0976. The molecule has 0 spiro atoms. The van der Waals surface area contributed by atoms with E-state index in [0.717, 1.165) is 17.9 Å². The SMILES string of the molecule is CCn1nc(C)c(Cl)c1CC(O)CSc1ccccc1C. The summed E-state index contributed by atoms with van der Waals surface area (Å²) in [7, 11) is 0. The van der Waals surface area contributed by atoms with E-state index in [0.29, 0.717) is 17.2 Å². The number of aromatic nitrogens is 2. The Kier molecular flexibility index (Phi) is 5.73. The molecule has 0 saturated carbocycles. The molecule has 2 aromatic rings. The number of hydrogen-bond acceptors (Lipinski definition) is 3. The summed E-state index contributed by atoms with van der Waals surface area (Å²) in [4.78, 5) is 1.21. The lowest BCUT2D eigenvalue weighted by Crippen LogP contribution is -2.17. The van der Waals surface area contributed by atoms with Crippen LogP contribution < -0.4 is 0 Å². The van der Waals surface area contributed by atoms with Gasteiger partial charge in [-0.3, -0.25) is 4.68 Å². The third kappa shape index (κ3) is 4.02. The Morgan fingerprint density at radius 2 is 2.05 bits per heavy atom. The molecule has 0 aliphatic carbocycles. The van der Waals surface area contributed by atoms with Crippen molar-refractivity contribution in [3.05, 3.63) is 46.2 Å². The van der Waals surface area contributed by atoms with Gasteiger partial charge < -0.3 is 5.11 Å². The molecule has 0 aliphatic rings. The number of aliphatic hydroxyl groups excluding tert-OH is 1. The zero-order valence-corrected chi connectivity index (χ0v) is 14.2. The monoisotopic (exact) mass is 324 g/mol. The molecule has 1 heterocycles. The van der Waals surface area contributed by atoms with Crippen molar-refractivity contribution < 1.29 is 5.11 Å². The van der Waals surface area contributed by atoms with Crippen LogP contribution in [0.15, 0.2) is 29.2 Å². The average Bonchev–Trinajstić information content (AvgIpc) is 2.74. The summed E-state index contributed by atoms with van der Waals surface area (Å²) in [5, 5.41) is 15.3. The van der Waals surface area contributed by atoms with Crippen molar-refractivity contribution in [1.82, 2.24) is 9.78 Å². The number of rotatable bonds is 6. The molecule has 114 valence electrons. The van der Waals surface area contributed by atoms with Crippen LogP contribution >= 0.6 is 23.4 Å². The molecular weight excluding hydrogens is 304 g/mol. The van der Waals surface area contributed by atoms with Gasteiger partial charge in [-0.05, 0) is 32.4 Å². The van der Waals surface area contributed by atoms with Gasteiger partial charge in [-0.15, -0.1) is 11.8 Å². The smallest absolute Gasteiger partial charge is 0.0848 e. The maximum Gasteiger partial charge on any atom is 0.0848 e. The summed E-state index contributed by atoms with van der Waals surface area (Å²) < 4.78 is 1.87. The van der Waals surface area contributed by atoms with E-state index in [4.69, 9.17) is 11.6 Å². The number of aryl methyl sites for hydroxylation is 3. The Balaban J connectivity index is 1.99. The fourth-order valence-electron chi connectivity index (χ4n) is 2.25. The molecule has 1 aromatic carbocycles. The van der Waals surface area contributed by atoms with Crippen molar-refractivity contribution >= 4 is 23.4 Å². The number of hydrogen-bond donors (Lipinski definition) is 1. The van der Waals surface area contributed by atoms with E-state index in [1.54, 1.807) is 11.8 Å². The molecule has 0 fully saturated rings. The van der Waals surface area contributed by atoms with E-state index in [1.165, 1.54) is 10.5 Å². The average molecular weight is 325 g/mol. The largest absolute Gasteiger partial charge is 0.392 e. The molecule has 0 radical (unpaired) electrons. The highest BCUT2D eigenvalue weighted by Gasteiger charge is 2.16. The van der Waals surface area contributed by atoms with Gasteiger partial charge in [0, 0.05) is 23.6 Å². The summed E-state index contributed by atoms with van der Waals surface area (Å²) in [5.41, 5.74) is 2.99. The number of aliphatic hydroxyl groups is 1. The molecule has 1 N–H and O–H groups in total. The Morgan fingerprint density at radius 3 is 2.71 bits per heavy atom. The first-order valence-electron chi connectivity index (χ1n) is 7.11. The fraction of sp³-hybridized carbons (Fsp3) is 0.438. The minimum absolute atomic E-state index is 0.437. The van der Waals surface area contributed by atoms with Crippen molar-refractivity contribution in [3.63, 3.8) is 0 Å². The lowest BCUT2D eigenvalue weighted by molar-refractivity contribution is 0.197. The van der Waals surface area contributed by atoms with Gasteiger partial charge in [0.2, 0.25) is 0 Å². The first-order chi connectivity index (χ1) is 10.0. The number of thioether (sulfide) groups is 1. The molecule has 0 aliphatic heterocycles. The van der Waals surface area contributed by atoms with Crippen molar-refractivity contribution in [2.75, 3.05) is 5.75 Å². The van der Waals surface area contributed by atoms with Crippen molar-refractivity contribution in [3.8, 4) is 0 Å². The van der Waals surface area contributed by atoms with E-state index in [2.05, 4.69) is 24.2 Å². The van der Waals surface area contributed by atoms with Crippen LogP contribution in [0.2, 0.25) is 5.02 Å². The molecule has 21 heavy (non-hydrogen) atoms. The van der Waals surface area contributed by atoms with Gasteiger partial charge in [-0.2, -0.15) is 5.10 Å². The van der Waals surface area contributed by atoms with Crippen LogP contribution in [0.5, 0.6) is 0 Å². The van der Waals surface area contributed by atoms with Gasteiger partial charge in [-0.1, -0.05) is 29.8 Å². The zero-order chi connectivity index (χ0) is 15.4. The van der Waals surface area contributed by atoms with Gasteiger partial charge in [0.1, 0.15) is 0 Å². The molecule has 0 amide bonds. The summed E-state index contributed by atoms with van der Waals surface area (Å²) in [6.45, 7) is 6.77. The molecule has 1 atom stereocenters. The number of halogens is 1. The third-order valence-corrected chi connectivity index (χ3v) is 5.22. The highest BCUT2D eigenvalue weighted by molar-refractivity contribution is 7.99. The van der Waals surface area contributed by atoms with Crippen LogP contribution in [0, 0.1) is 13.8 Å². The Labute approximate surface area is 135 Å². The fourth-order valence-corrected chi connectivity index (χ4v) is 3.42. The third-order valence-electron chi connectivity index (χ3n) is 3.41. The van der Waals surface area contributed by atoms with Gasteiger partial charge in [0.25, 0.3) is 0 Å². The summed E-state index contributed by atoms with van der Waals surface area (Å²) >= 11 is 7.96. The number of benzene rings is 1. The van der Waals surface area contributed by atoms with E-state index in [1.807, 2.05) is 30.7 Å². The second-order valence-corrected chi connectivity index (χ2v) is 6.54. The molecule has 2 rings (SSSR count). The van der Waals surface area contributed by atoms with Crippen LogP contribution in [-0.2, 0) is 13.0 Å². The van der Waals surface area contributed by atoms with Crippen molar-refractivity contribution in [1.29, 1.82) is 0 Å². The summed E-state index contributed by atoms with van der Waals surface area (Å²) in [6, 6.07) is 8.22. The first kappa shape index (κ1) is 16.4. The Hall–Kier alpha value is -0.970. The molecule has 0 bridgehead atoms. The van der Waals surface area contributed by atoms with Crippen molar-refractivity contribution in [2.24, 2.45) is 0 Å². The van der Waals surface area contributed by atoms with Gasteiger partial charge >= 0.3 is 0 Å². The zero-order valence-electron chi connectivity index (χ0n) is 12.6. The molecule has 0 saturated heterocycles. The van der Waals surface area contributed by atoms with Crippen LogP contribution in [0.1, 0.15) is 23.9 Å². The number of nitrogens with zero attached hydrogens (tertiary/aromatic N) is 2. The van der Waals surface area contributed by atoms with Crippen LogP contribution in [0.4, 0.5) is 0 Å². The van der Waals surface area contributed by atoms with Crippen LogP contribution in [0.3, 0.4) is 0 Å². The van der Waals surface area contributed by atoms with E-state index in [-0.39, 0.29) is 0 Å². The maximum atomic E-state index is 10.3. The van der Waals surface area contributed by atoms with Crippen LogP contribution in [-0.4, -0.2) is 26.7 Å². The van der Waals surface area contributed by atoms with E-state index in [9.17, 15) is 5.11 Å². The highest BCUT2D eigenvalue weighted by Crippen LogP contribution is 2.25. The Morgan fingerprint density at radius 1 is 1.33 bits per heavy atom.